The van der Waals surface area contributed by atoms with Crippen LogP contribution in [0.5, 0.6) is 11.5 Å². The molecular formula is C22H30F3NO4. The number of piperidine rings is 1. The summed E-state index contributed by atoms with van der Waals surface area (Å²) in [5.41, 5.74) is 0.900. The van der Waals surface area contributed by atoms with Gasteiger partial charge in [-0.2, -0.15) is 0 Å². The van der Waals surface area contributed by atoms with Gasteiger partial charge >= 0.3 is 0 Å². The second kappa shape index (κ2) is 7.57. The SMILES string of the molecule is COc1cc2c(c(F)c1OCC1CC1(F)F)CCN1C[C@@H](OC(C)(C)C)[C@H](O)C[C@H]21. The van der Waals surface area contributed by atoms with Gasteiger partial charge in [0, 0.05) is 25.6 Å². The van der Waals surface area contributed by atoms with E-state index in [1.54, 1.807) is 6.07 Å². The Hall–Kier alpha value is -1.51. The molecule has 3 aliphatic rings. The van der Waals surface area contributed by atoms with Gasteiger partial charge < -0.3 is 19.3 Å². The van der Waals surface area contributed by atoms with Crippen LogP contribution in [0.3, 0.4) is 0 Å². The molecule has 0 spiro atoms. The molecule has 1 aromatic rings. The number of ether oxygens (including phenoxy) is 3. The van der Waals surface area contributed by atoms with Crippen LogP contribution in [0.25, 0.3) is 0 Å². The van der Waals surface area contributed by atoms with Crippen LogP contribution in [0, 0.1) is 11.7 Å². The van der Waals surface area contributed by atoms with E-state index in [2.05, 4.69) is 4.90 Å². The van der Waals surface area contributed by atoms with Gasteiger partial charge in [0.15, 0.2) is 17.3 Å². The van der Waals surface area contributed by atoms with E-state index in [1.807, 2.05) is 20.8 Å². The summed E-state index contributed by atoms with van der Waals surface area (Å²) in [6, 6.07) is 1.57. The van der Waals surface area contributed by atoms with Gasteiger partial charge in [0.2, 0.25) is 0 Å². The van der Waals surface area contributed by atoms with E-state index in [4.69, 9.17) is 14.2 Å². The van der Waals surface area contributed by atoms with Gasteiger partial charge in [-0.05, 0) is 50.8 Å². The monoisotopic (exact) mass is 429 g/mol. The summed E-state index contributed by atoms with van der Waals surface area (Å²) in [5.74, 6) is -4.04. The number of nitrogens with zero attached hydrogens (tertiary/aromatic N) is 1. The minimum absolute atomic E-state index is 0.0994. The highest BCUT2D eigenvalue weighted by atomic mass is 19.3. The predicted molar refractivity (Wildman–Crippen MR) is 105 cm³/mol. The minimum Gasteiger partial charge on any atom is -0.493 e. The number of methoxy groups -OCH3 is 1. The highest BCUT2D eigenvalue weighted by molar-refractivity contribution is 5.51. The molecule has 8 heteroatoms. The molecule has 4 rings (SSSR count). The highest BCUT2D eigenvalue weighted by Crippen LogP contribution is 2.50. The molecule has 1 aromatic carbocycles. The molecule has 2 fully saturated rings. The number of aliphatic hydroxyl groups excluding tert-OH is 1. The van der Waals surface area contributed by atoms with E-state index in [9.17, 15) is 13.9 Å². The van der Waals surface area contributed by atoms with Crippen molar-refractivity contribution in [2.45, 2.75) is 69.8 Å². The Bertz CT molecular complexity index is 811. The summed E-state index contributed by atoms with van der Waals surface area (Å²) in [4.78, 5) is 2.20. The number of rotatable bonds is 5. The summed E-state index contributed by atoms with van der Waals surface area (Å²) in [6.45, 7) is 6.81. The quantitative estimate of drug-likeness (QED) is 0.773. The number of aliphatic hydroxyl groups is 1. The second-order valence-electron chi connectivity index (χ2n) is 9.60. The lowest BCUT2D eigenvalue weighted by atomic mass is 9.84. The van der Waals surface area contributed by atoms with Gasteiger partial charge in [0.25, 0.3) is 5.92 Å². The molecule has 0 aromatic heterocycles. The summed E-state index contributed by atoms with van der Waals surface area (Å²) >= 11 is 0. The molecular weight excluding hydrogens is 399 g/mol. The van der Waals surface area contributed by atoms with Crippen molar-refractivity contribution < 1.29 is 32.5 Å². The summed E-state index contributed by atoms with van der Waals surface area (Å²) in [6.07, 6.45) is -0.314. The Morgan fingerprint density at radius 1 is 1.30 bits per heavy atom. The third-order valence-electron chi connectivity index (χ3n) is 6.19. The van der Waals surface area contributed by atoms with Crippen molar-refractivity contribution in [3.63, 3.8) is 0 Å². The van der Waals surface area contributed by atoms with Gasteiger partial charge in [-0.3, -0.25) is 4.90 Å². The smallest absolute Gasteiger partial charge is 0.255 e. The van der Waals surface area contributed by atoms with Crippen LogP contribution < -0.4 is 9.47 Å². The van der Waals surface area contributed by atoms with Crippen LogP contribution in [0.15, 0.2) is 6.07 Å². The van der Waals surface area contributed by atoms with Crippen molar-refractivity contribution in [1.82, 2.24) is 4.90 Å². The number of fused-ring (bicyclic) bond motifs is 3. The fourth-order valence-electron chi connectivity index (χ4n) is 4.54. The molecule has 1 N–H and O–H groups in total. The number of halogens is 3. The molecule has 1 aliphatic carbocycles. The Morgan fingerprint density at radius 3 is 2.60 bits per heavy atom. The molecule has 0 bridgehead atoms. The van der Waals surface area contributed by atoms with Crippen molar-refractivity contribution in [2.75, 3.05) is 26.8 Å². The fourth-order valence-corrected chi connectivity index (χ4v) is 4.54. The molecule has 2 heterocycles. The first-order chi connectivity index (χ1) is 14.0. The summed E-state index contributed by atoms with van der Waals surface area (Å²) in [5, 5.41) is 10.7. The maximum Gasteiger partial charge on any atom is 0.255 e. The number of benzene rings is 1. The Morgan fingerprint density at radius 2 is 2.00 bits per heavy atom. The first-order valence-electron chi connectivity index (χ1n) is 10.5. The van der Waals surface area contributed by atoms with Gasteiger partial charge in [-0.25, -0.2) is 13.2 Å². The Kier molecular flexibility index (Phi) is 5.48. The van der Waals surface area contributed by atoms with Crippen LogP contribution in [-0.2, 0) is 11.2 Å². The van der Waals surface area contributed by atoms with Crippen molar-refractivity contribution in [2.24, 2.45) is 5.92 Å². The van der Waals surface area contributed by atoms with E-state index in [0.29, 0.717) is 31.5 Å². The zero-order valence-corrected chi connectivity index (χ0v) is 17.9. The molecule has 30 heavy (non-hydrogen) atoms. The van der Waals surface area contributed by atoms with E-state index in [1.165, 1.54) is 7.11 Å². The van der Waals surface area contributed by atoms with Crippen molar-refractivity contribution in [3.8, 4) is 11.5 Å². The molecule has 0 amide bonds. The van der Waals surface area contributed by atoms with Crippen molar-refractivity contribution >= 4 is 0 Å². The topological polar surface area (TPSA) is 51.2 Å². The first kappa shape index (κ1) is 21.7. The normalized spacial score (nSPS) is 30.4. The zero-order valence-electron chi connectivity index (χ0n) is 17.9. The van der Waals surface area contributed by atoms with Crippen molar-refractivity contribution in [3.05, 3.63) is 23.0 Å². The van der Waals surface area contributed by atoms with Gasteiger partial charge in [0.1, 0.15) is 0 Å². The van der Waals surface area contributed by atoms with Crippen LogP contribution in [-0.4, -0.2) is 60.5 Å². The summed E-state index contributed by atoms with van der Waals surface area (Å²) < 4.78 is 58.5. The molecule has 168 valence electrons. The molecule has 4 atom stereocenters. The summed E-state index contributed by atoms with van der Waals surface area (Å²) in [7, 11) is 1.41. The zero-order chi connectivity index (χ0) is 21.8. The number of hydrogen-bond donors (Lipinski definition) is 1. The predicted octanol–water partition coefficient (Wildman–Crippen LogP) is 3.72. The molecule has 1 saturated carbocycles. The van der Waals surface area contributed by atoms with Crippen LogP contribution in [0.1, 0.15) is 50.8 Å². The van der Waals surface area contributed by atoms with Crippen LogP contribution in [0.4, 0.5) is 13.2 Å². The Labute approximate surface area is 175 Å². The lowest BCUT2D eigenvalue weighted by molar-refractivity contribution is -0.149. The van der Waals surface area contributed by atoms with E-state index in [-0.39, 0.29) is 42.3 Å². The molecule has 1 unspecified atom stereocenters. The third kappa shape index (κ3) is 4.14. The average Bonchev–Trinajstić information content (AvgIpc) is 3.26. The van der Waals surface area contributed by atoms with E-state index in [0.717, 1.165) is 5.56 Å². The minimum atomic E-state index is -2.72. The number of alkyl halides is 2. The molecule has 2 aliphatic heterocycles. The van der Waals surface area contributed by atoms with Crippen LogP contribution in [0.2, 0.25) is 0 Å². The average molecular weight is 429 g/mol. The lowest BCUT2D eigenvalue weighted by Crippen LogP contribution is -2.53. The van der Waals surface area contributed by atoms with E-state index >= 15 is 4.39 Å². The van der Waals surface area contributed by atoms with Gasteiger partial charge in [0.05, 0.1) is 37.4 Å². The molecule has 5 nitrogen and oxygen atoms in total. The molecule has 1 saturated heterocycles. The maximum atomic E-state index is 15.3. The lowest BCUT2D eigenvalue weighted by Gasteiger charge is -2.46. The highest BCUT2D eigenvalue weighted by Gasteiger charge is 2.57. The largest absolute Gasteiger partial charge is 0.493 e. The van der Waals surface area contributed by atoms with Crippen molar-refractivity contribution in [1.29, 1.82) is 0 Å². The van der Waals surface area contributed by atoms with Gasteiger partial charge in [-0.1, -0.05) is 0 Å². The second-order valence-corrected chi connectivity index (χ2v) is 9.60. The maximum absolute atomic E-state index is 15.3. The van der Waals surface area contributed by atoms with Crippen LogP contribution >= 0.6 is 0 Å². The van der Waals surface area contributed by atoms with E-state index < -0.39 is 23.8 Å². The standard InChI is InChI=1S/C22H30F3NO4/c1-21(2,3)30-18-10-26-6-5-13-14(15(26)8-16(18)27)7-17(28-4)20(19(13)23)29-11-12-9-22(12,24)25/h7,12,15-16,18,27H,5-6,8-11H2,1-4H3/t12?,15-,16-,18-/m1/s1. The Balaban J connectivity index is 1.57. The number of hydrogen-bond acceptors (Lipinski definition) is 5. The third-order valence-corrected chi connectivity index (χ3v) is 6.19. The first-order valence-corrected chi connectivity index (χ1v) is 10.5. The molecule has 0 radical (unpaired) electrons. The van der Waals surface area contributed by atoms with Gasteiger partial charge in [-0.15, -0.1) is 0 Å². The fraction of sp³-hybridized carbons (Fsp3) is 0.727.